The van der Waals surface area contributed by atoms with Crippen molar-refractivity contribution in [2.75, 3.05) is 36.6 Å². The Morgan fingerprint density at radius 3 is 2.32 bits per heavy atom. The summed E-state index contributed by atoms with van der Waals surface area (Å²) in [4.78, 5) is 12.4. The number of nitrogens with zero attached hydrogens (tertiary/aromatic N) is 1. The van der Waals surface area contributed by atoms with Crippen molar-refractivity contribution in [1.29, 1.82) is 0 Å². The van der Waals surface area contributed by atoms with Gasteiger partial charge in [0.15, 0.2) is 0 Å². The minimum Gasteiger partial charge on any atom is -0.497 e. The van der Waals surface area contributed by atoms with Crippen LogP contribution in [0.4, 0.5) is 11.4 Å². The van der Waals surface area contributed by atoms with E-state index in [0.29, 0.717) is 22.9 Å². The second-order valence-corrected chi connectivity index (χ2v) is 7.13. The minimum atomic E-state index is -3.62. The average molecular weight is 364 g/mol. The Bertz CT molecular complexity index is 837. The molecular weight excluding hydrogens is 344 g/mol. The van der Waals surface area contributed by atoms with Gasteiger partial charge in [0, 0.05) is 6.07 Å². The van der Waals surface area contributed by atoms with Gasteiger partial charge < -0.3 is 14.8 Å². The van der Waals surface area contributed by atoms with Crippen molar-refractivity contribution in [3.8, 4) is 11.5 Å². The Balaban J connectivity index is 2.23. The zero-order valence-electron chi connectivity index (χ0n) is 14.2. The first kappa shape index (κ1) is 18.6. The summed E-state index contributed by atoms with van der Waals surface area (Å²) in [6.45, 7) is -0.358. The number of para-hydroxylation sites is 1. The number of anilines is 2. The van der Waals surface area contributed by atoms with Crippen LogP contribution in [0.2, 0.25) is 0 Å². The maximum absolute atomic E-state index is 12.4. The number of carbonyl (C=O) groups is 1. The highest BCUT2D eigenvalue weighted by Gasteiger charge is 2.21. The van der Waals surface area contributed by atoms with E-state index in [9.17, 15) is 13.2 Å². The van der Waals surface area contributed by atoms with Crippen LogP contribution in [0.15, 0.2) is 48.5 Å². The predicted molar refractivity (Wildman–Crippen MR) is 96.8 cm³/mol. The fourth-order valence-electron chi connectivity index (χ4n) is 2.23. The molecule has 25 heavy (non-hydrogen) atoms. The second kappa shape index (κ2) is 7.89. The molecule has 8 heteroatoms. The van der Waals surface area contributed by atoms with E-state index >= 15 is 0 Å². The molecule has 2 rings (SSSR count). The lowest BCUT2D eigenvalue weighted by molar-refractivity contribution is -0.114. The van der Waals surface area contributed by atoms with Crippen molar-refractivity contribution < 1.29 is 22.7 Å². The number of carbonyl (C=O) groups excluding carboxylic acids is 1. The van der Waals surface area contributed by atoms with E-state index in [1.54, 1.807) is 48.5 Å². The molecule has 134 valence electrons. The van der Waals surface area contributed by atoms with Crippen molar-refractivity contribution in [2.24, 2.45) is 0 Å². The van der Waals surface area contributed by atoms with E-state index in [2.05, 4.69) is 5.32 Å². The number of hydrogen-bond donors (Lipinski definition) is 1. The Morgan fingerprint density at radius 2 is 1.76 bits per heavy atom. The van der Waals surface area contributed by atoms with Crippen LogP contribution in [0.25, 0.3) is 0 Å². The zero-order valence-corrected chi connectivity index (χ0v) is 15.0. The SMILES string of the molecule is COc1ccc(OC)c(NC(=O)CN(c2ccccc2)S(C)(=O)=O)c1. The first-order chi connectivity index (χ1) is 11.8. The third kappa shape index (κ3) is 4.87. The van der Waals surface area contributed by atoms with Crippen molar-refractivity contribution >= 4 is 27.3 Å². The van der Waals surface area contributed by atoms with E-state index in [0.717, 1.165) is 10.6 Å². The zero-order chi connectivity index (χ0) is 18.4. The molecule has 2 aromatic carbocycles. The molecule has 0 radical (unpaired) electrons. The van der Waals surface area contributed by atoms with Crippen LogP contribution in [-0.2, 0) is 14.8 Å². The second-order valence-electron chi connectivity index (χ2n) is 5.22. The van der Waals surface area contributed by atoms with Gasteiger partial charge in [0.1, 0.15) is 18.0 Å². The van der Waals surface area contributed by atoms with Gasteiger partial charge in [-0.25, -0.2) is 8.42 Å². The highest BCUT2D eigenvalue weighted by atomic mass is 32.2. The summed E-state index contributed by atoms with van der Waals surface area (Å²) in [5, 5.41) is 2.66. The molecule has 7 nitrogen and oxygen atoms in total. The van der Waals surface area contributed by atoms with Gasteiger partial charge in [0.2, 0.25) is 15.9 Å². The number of benzene rings is 2. The van der Waals surface area contributed by atoms with Crippen LogP contribution in [0.3, 0.4) is 0 Å². The van der Waals surface area contributed by atoms with Crippen LogP contribution in [0.1, 0.15) is 0 Å². The number of hydrogen-bond acceptors (Lipinski definition) is 5. The summed E-state index contributed by atoms with van der Waals surface area (Å²) in [6.07, 6.45) is 1.05. The summed E-state index contributed by atoms with van der Waals surface area (Å²) in [6, 6.07) is 13.4. The van der Waals surface area contributed by atoms with Crippen LogP contribution in [-0.4, -0.2) is 41.3 Å². The Kier molecular flexibility index (Phi) is 5.87. The van der Waals surface area contributed by atoms with Gasteiger partial charge in [0.25, 0.3) is 0 Å². The molecule has 0 bridgehead atoms. The number of amides is 1. The number of nitrogens with one attached hydrogen (secondary N) is 1. The Labute approximate surface area is 147 Å². The standard InChI is InChI=1S/C17H20N2O5S/c1-23-14-9-10-16(24-2)15(11-14)18-17(20)12-19(25(3,21)22)13-7-5-4-6-8-13/h4-11H,12H2,1-3H3,(H,18,20). The summed E-state index contributed by atoms with van der Waals surface area (Å²) in [7, 11) is -0.633. The molecule has 0 saturated heterocycles. The molecular formula is C17H20N2O5S. The number of ether oxygens (including phenoxy) is 2. The molecule has 2 aromatic rings. The maximum Gasteiger partial charge on any atom is 0.245 e. The lowest BCUT2D eigenvalue weighted by Gasteiger charge is -2.22. The molecule has 1 N–H and O–H groups in total. The summed E-state index contributed by atoms with van der Waals surface area (Å²) in [5.41, 5.74) is 0.811. The van der Waals surface area contributed by atoms with Gasteiger partial charge in [-0.05, 0) is 24.3 Å². The van der Waals surface area contributed by atoms with Gasteiger partial charge in [0.05, 0.1) is 31.9 Å². The lowest BCUT2D eigenvalue weighted by atomic mass is 10.2. The fraction of sp³-hybridized carbons (Fsp3) is 0.235. The summed E-state index contributed by atoms with van der Waals surface area (Å²) in [5.74, 6) is 0.486. The normalized spacial score (nSPS) is 10.8. The Morgan fingerprint density at radius 1 is 1.08 bits per heavy atom. The van der Waals surface area contributed by atoms with Gasteiger partial charge in [-0.3, -0.25) is 9.10 Å². The van der Waals surface area contributed by atoms with Crippen molar-refractivity contribution in [3.05, 3.63) is 48.5 Å². The lowest BCUT2D eigenvalue weighted by Crippen LogP contribution is -2.37. The number of sulfonamides is 1. The van der Waals surface area contributed by atoms with Gasteiger partial charge in [-0.15, -0.1) is 0 Å². The molecule has 0 aliphatic rings. The van der Waals surface area contributed by atoms with Crippen LogP contribution in [0.5, 0.6) is 11.5 Å². The van der Waals surface area contributed by atoms with E-state index < -0.39 is 15.9 Å². The predicted octanol–water partition coefficient (Wildman–Crippen LogP) is 2.11. The van der Waals surface area contributed by atoms with Gasteiger partial charge >= 0.3 is 0 Å². The highest BCUT2D eigenvalue weighted by molar-refractivity contribution is 7.92. The van der Waals surface area contributed by atoms with Crippen molar-refractivity contribution in [1.82, 2.24) is 0 Å². The number of methoxy groups -OCH3 is 2. The quantitative estimate of drug-likeness (QED) is 0.813. The van der Waals surface area contributed by atoms with E-state index in [4.69, 9.17) is 9.47 Å². The topological polar surface area (TPSA) is 84.9 Å². The largest absolute Gasteiger partial charge is 0.497 e. The van der Waals surface area contributed by atoms with Gasteiger partial charge in [-0.2, -0.15) is 0 Å². The summed E-state index contributed by atoms with van der Waals surface area (Å²) < 4.78 is 35.5. The smallest absolute Gasteiger partial charge is 0.245 e. The fourth-order valence-corrected chi connectivity index (χ4v) is 3.08. The average Bonchev–Trinajstić information content (AvgIpc) is 2.59. The molecule has 0 atom stereocenters. The van der Waals surface area contributed by atoms with E-state index in [-0.39, 0.29) is 6.54 Å². The highest BCUT2D eigenvalue weighted by Crippen LogP contribution is 2.29. The van der Waals surface area contributed by atoms with Crippen molar-refractivity contribution in [3.63, 3.8) is 0 Å². The maximum atomic E-state index is 12.4. The molecule has 1 amide bonds. The molecule has 0 aliphatic carbocycles. The van der Waals surface area contributed by atoms with Crippen molar-refractivity contribution in [2.45, 2.75) is 0 Å². The summed E-state index contributed by atoms with van der Waals surface area (Å²) >= 11 is 0. The third-order valence-electron chi connectivity index (χ3n) is 3.41. The first-order valence-electron chi connectivity index (χ1n) is 7.40. The molecule has 0 fully saturated rings. The van der Waals surface area contributed by atoms with E-state index in [1.165, 1.54) is 14.2 Å². The molecule has 0 heterocycles. The molecule has 0 aliphatic heterocycles. The van der Waals surface area contributed by atoms with E-state index in [1.807, 2.05) is 0 Å². The molecule has 0 spiro atoms. The van der Waals surface area contributed by atoms with Crippen LogP contribution >= 0.6 is 0 Å². The molecule has 0 saturated carbocycles. The van der Waals surface area contributed by atoms with Crippen LogP contribution < -0.4 is 19.1 Å². The monoisotopic (exact) mass is 364 g/mol. The van der Waals surface area contributed by atoms with Crippen LogP contribution in [0, 0.1) is 0 Å². The number of rotatable bonds is 7. The minimum absolute atomic E-state index is 0.358. The molecule has 0 unspecified atom stereocenters. The molecule has 0 aromatic heterocycles. The Hall–Kier alpha value is -2.74. The third-order valence-corrected chi connectivity index (χ3v) is 4.55. The first-order valence-corrected chi connectivity index (χ1v) is 9.24. The van der Waals surface area contributed by atoms with Gasteiger partial charge in [-0.1, -0.05) is 18.2 Å².